The van der Waals surface area contributed by atoms with E-state index in [1.165, 1.54) is 6.07 Å². The standard InChI is InChI=1S/C15H12ClFN2O2/c1-20-13-6-11-12(7-14(13)21-2)19-15(18-11)9-4-3-8(16)5-10(9)17/h3-7H,1-2H3,(H,18,19). The number of fused-ring (bicyclic) bond motifs is 1. The first-order chi connectivity index (χ1) is 10.1. The summed E-state index contributed by atoms with van der Waals surface area (Å²) >= 11 is 5.76. The van der Waals surface area contributed by atoms with Crippen LogP contribution in [0.1, 0.15) is 0 Å². The minimum absolute atomic E-state index is 0.343. The summed E-state index contributed by atoms with van der Waals surface area (Å²) in [7, 11) is 3.11. The third-order valence-electron chi connectivity index (χ3n) is 3.17. The van der Waals surface area contributed by atoms with Crippen LogP contribution in [-0.2, 0) is 0 Å². The van der Waals surface area contributed by atoms with E-state index in [1.807, 2.05) is 0 Å². The average molecular weight is 307 g/mol. The van der Waals surface area contributed by atoms with E-state index < -0.39 is 5.82 Å². The molecular weight excluding hydrogens is 295 g/mol. The fraction of sp³-hybridized carbons (Fsp3) is 0.133. The van der Waals surface area contributed by atoms with Gasteiger partial charge in [-0.25, -0.2) is 9.37 Å². The molecule has 1 N–H and O–H groups in total. The van der Waals surface area contributed by atoms with Gasteiger partial charge in [-0.1, -0.05) is 11.6 Å². The molecule has 1 heterocycles. The third-order valence-corrected chi connectivity index (χ3v) is 3.41. The summed E-state index contributed by atoms with van der Waals surface area (Å²) in [5.74, 6) is 1.14. The fourth-order valence-corrected chi connectivity index (χ4v) is 2.30. The number of aromatic nitrogens is 2. The molecule has 0 atom stereocenters. The highest BCUT2D eigenvalue weighted by atomic mass is 35.5. The minimum Gasteiger partial charge on any atom is -0.493 e. The van der Waals surface area contributed by atoms with Crippen molar-refractivity contribution in [3.05, 3.63) is 41.2 Å². The molecule has 0 bridgehead atoms. The van der Waals surface area contributed by atoms with Gasteiger partial charge in [0.2, 0.25) is 0 Å². The lowest BCUT2D eigenvalue weighted by molar-refractivity contribution is 0.356. The monoisotopic (exact) mass is 306 g/mol. The van der Waals surface area contributed by atoms with E-state index >= 15 is 0 Å². The van der Waals surface area contributed by atoms with Gasteiger partial charge in [0.25, 0.3) is 0 Å². The summed E-state index contributed by atoms with van der Waals surface area (Å²) in [6, 6.07) is 7.96. The zero-order valence-electron chi connectivity index (χ0n) is 11.4. The number of hydrogen-bond acceptors (Lipinski definition) is 3. The lowest BCUT2D eigenvalue weighted by atomic mass is 10.2. The second kappa shape index (κ2) is 5.26. The number of rotatable bonds is 3. The van der Waals surface area contributed by atoms with Crippen LogP contribution in [0.2, 0.25) is 5.02 Å². The Bertz CT molecular complexity index is 776. The molecule has 0 aliphatic heterocycles. The Morgan fingerprint density at radius 2 is 1.81 bits per heavy atom. The number of nitrogens with zero attached hydrogens (tertiary/aromatic N) is 1. The fourth-order valence-electron chi connectivity index (χ4n) is 2.15. The van der Waals surface area contributed by atoms with Crippen LogP contribution < -0.4 is 9.47 Å². The van der Waals surface area contributed by atoms with Crippen molar-refractivity contribution >= 4 is 22.6 Å². The van der Waals surface area contributed by atoms with Crippen LogP contribution in [-0.4, -0.2) is 24.2 Å². The molecule has 0 saturated carbocycles. The summed E-state index contributed by atoms with van der Waals surface area (Å²) in [6.45, 7) is 0. The van der Waals surface area contributed by atoms with Gasteiger partial charge in [0, 0.05) is 17.2 Å². The highest BCUT2D eigenvalue weighted by Gasteiger charge is 2.13. The number of imidazole rings is 1. The molecule has 108 valence electrons. The SMILES string of the molecule is COc1cc2nc(-c3ccc(Cl)cc3F)[nH]c2cc1OC. The second-order valence-corrected chi connectivity index (χ2v) is 4.87. The number of H-pyrrole nitrogens is 1. The predicted octanol–water partition coefficient (Wildman–Crippen LogP) is 4.04. The Labute approximate surface area is 125 Å². The van der Waals surface area contributed by atoms with E-state index in [1.54, 1.807) is 38.5 Å². The van der Waals surface area contributed by atoms with Crippen LogP contribution in [0.3, 0.4) is 0 Å². The van der Waals surface area contributed by atoms with Gasteiger partial charge in [0.05, 0.1) is 30.8 Å². The van der Waals surface area contributed by atoms with E-state index in [2.05, 4.69) is 9.97 Å². The Morgan fingerprint density at radius 3 is 2.48 bits per heavy atom. The van der Waals surface area contributed by atoms with Crippen LogP contribution >= 0.6 is 11.6 Å². The lowest BCUT2D eigenvalue weighted by Crippen LogP contribution is -1.89. The Morgan fingerprint density at radius 1 is 1.10 bits per heavy atom. The second-order valence-electron chi connectivity index (χ2n) is 4.43. The molecule has 0 radical (unpaired) electrons. The van der Waals surface area contributed by atoms with Gasteiger partial charge in [-0.2, -0.15) is 0 Å². The number of halogens is 2. The smallest absolute Gasteiger partial charge is 0.163 e. The lowest BCUT2D eigenvalue weighted by Gasteiger charge is -2.06. The van der Waals surface area contributed by atoms with Crippen molar-refractivity contribution in [2.75, 3.05) is 14.2 Å². The first-order valence-electron chi connectivity index (χ1n) is 6.19. The van der Waals surface area contributed by atoms with Gasteiger partial charge in [-0.05, 0) is 18.2 Å². The van der Waals surface area contributed by atoms with Crippen LogP contribution in [0.5, 0.6) is 11.5 Å². The molecule has 2 aromatic carbocycles. The highest BCUT2D eigenvalue weighted by Crippen LogP contribution is 2.33. The number of ether oxygens (including phenoxy) is 2. The Hall–Kier alpha value is -2.27. The van der Waals surface area contributed by atoms with Gasteiger partial charge < -0.3 is 14.5 Å². The van der Waals surface area contributed by atoms with Crippen LogP contribution in [0, 0.1) is 5.82 Å². The van der Waals surface area contributed by atoms with E-state index in [9.17, 15) is 4.39 Å². The predicted molar refractivity (Wildman–Crippen MR) is 79.6 cm³/mol. The zero-order chi connectivity index (χ0) is 15.0. The molecule has 3 aromatic rings. The normalized spacial score (nSPS) is 10.9. The van der Waals surface area contributed by atoms with Crippen molar-refractivity contribution in [3.63, 3.8) is 0 Å². The molecular formula is C15H12ClFN2O2. The van der Waals surface area contributed by atoms with Crippen molar-refractivity contribution in [1.82, 2.24) is 9.97 Å². The molecule has 0 fully saturated rings. The molecule has 21 heavy (non-hydrogen) atoms. The zero-order valence-corrected chi connectivity index (χ0v) is 12.2. The van der Waals surface area contributed by atoms with Gasteiger partial charge in [-0.15, -0.1) is 0 Å². The molecule has 0 amide bonds. The molecule has 3 rings (SSSR count). The molecule has 0 aliphatic rings. The maximum Gasteiger partial charge on any atom is 0.163 e. The summed E-state index contributed by atoms with van der Waals surface area (Å²) < 4.78 is 24.4. The van der Waals surface area contributed by atoms with Crippen LogP contribution in [0.4, 0.5) is 4.39 Å². The van der Waals surface area contributed by atoms with Crippen molar-refractivity contribution in [2.45, 2.75) is 0 Å². The van der Waals surface area contributed by atoms with Crippen molar-refractivity contribution in [2.24, 2.45) is 0 Å². The van der Waals surface area contributed by atoms with Gasteiger partial charge >= 0.3 is 0 Å². The minimum atomic E-state index is -0.430. The van der Waals surface area contributed by atoms with E-state index in [4.69, 9.17) is 21.1 Å². The topological polar surface area (TPSA) is 47.1 Å². The first kappa shape index (κ1) is 13.7. The molecule has 6 heteroatoms. The molecule has 1 aromatic heterocycles. The molecule has 0 saturated heterocycles. The van der Waals surface area contributed by atoms with Crippen molar-refractivity contribution in [3.8, 4) is 22.9 Å². The van der Waals surface area contributed by atoms with Crippen LogP contribution in [0.25, 0.3) is 22.4 Å². The third kappa shape index (κ3) is 2.40. The summed E-state index contributed by atoms with van der Waals surface area (Å²) in [6.07, 6.45) is 0. The molecule has 0 aliphatic carbocycles. The average Bonchev–Trinajstić information content (AvgIpc) is 2.87. The number of aromatic amines is 1. The van der Waals surface area contributed by atoms with E-state index in [-0.39, 0.29) is 0 Å². The first-order valence-corrected chi connectivity index (χ1v) is 6.57. The Kier molecular flexibility index (Phi) is 3.43. The summed E-state index contributed by atoms with van der Waals surface area (Å²) in [4.78, 5) is 7.45. The van der Waals surface area contributed by atoms with Crippen molar-refractivity contribution in [1.29, 1.82) is 0 Å². The summed E-state index contributed by atoms with van der Waals surface area (Å²) in [5, 5.41) is 0.343. The van der Waals surface area contributed by atoms with E-state index in [0.717, 1.165) is 5.52 Å². The maximum absolute atomic E-state index is 14.0. The highest BCUT2D eigenvalue weighted by molar-refractivity contribution is 6.30. The van der Waals surface area contributed by atoms with Gasteiger partial charge in [0.1, 0.15) is 11.6 Å². The van der Waals surface area contributed by atoms with Crippen molar-refractivity contribution < 1.29 is 13.9 Å². The number of benzene rings is 2. The maximum atomic E-state index is 14.0. The van der Waals surface area contributed by atoms with Gasteiger partial charge in [0.15, 0.2) is 11.5 Å². The van der Waals surface area contributed by atoms with Crippen LogP contribution in [0.15, 0.2) is 30.3 Å². The van der Waals surface area contributed by atoms with E-state index in [0.29, 0.717) is 33.4 Å². The largest absolute Gasteiger partial charge is 0.493 e. The van der Waals surface area contributed by atoms with Gasteiger partial charge in [-0.3, -0.25) is 0 Å². The Balaban J connectivity index is 2.16. The molecule has 0 unspecified atom stereocenters. The quantitative estimate of drug-likeness (QED) is 0.794. The summed E-state index contributed by atoms with van der Waals surface area (Å²) in [5.41, 5.74) is 1.75. The number of hydrogen-bond donors (Lipinski definition) is 1. The molecule has 4 nitrogen and oxygen atoms in total. The number of nitrogens with one attached hydrogen (secondary N) is 1. The number of methoxy groups -OCH3 is 2. The molecule has 0 spiro atoms.